The van der Waals surface area contributed by atoms with Crippen molar-refractivity contribution < 1.29 is 40.6 Å². The van der Waals surface area contributed by atoms with E-state index in [1.165, 1.54) is 16.1 Å². The van der Waals surface area contributed by atoms with E-state index >= 15 is 8.42 Å². The monoisotopic (exact) mass is 967 g/mol. The van der Waals surface area contributed by atoms with E-state index in [4.69, 9.17) is 18.9 Å². The Morgan fingerprint density at radius 3 is 1.79 bits per heavy atom. The number of amides is 1. The average molecular weight is 968 g/mol. The Kier molecular flexibility index (Phi) is 13.8. The fraction of sp³-hybridized carbons (Fsp3) is 0.333. The summed E-state index contributed by atoms with van der Waals surface area (Å²) < 4.78 is 85.7. The third kappa shape index (κ3) is 11.2. The molecule has 0 atom stereocenters. The molecular weight excluding hydrogens is 915 g/mol. The van der Waals surface area contributed by atoms with Gasteiger partial charge in [-0.25, -0.2) is 26.3 Å². The second kappa shape index (κ2) is 19.6. The Balaban J connectivity index is 1.30. The van der Waals surface area contributed by atoms with Crippen LogP contribution in [0.2, 0.25) is 0 Å². The van der Waals surface area contributed by atoms with Gasteiger partial charge in [-0.2, -0.15) is 4.31 Å². The highest BCUT2D eigenvalue weighted by molar-refractivity contribution is 8.00. The minimum absolute atomic E-state index is 0.0192. The van der Waals surface area contributed by atoms with Crippen molar-refractivity contribution in [3.63, 3.8) is 0 Å². The number of tetrazole rings is 1. The predicted molar refractivity (Wildman–Crippen MR) is 256 cm³/mol. The molecule has 16 nitrogen and oxygen atoms in total. The van der Waals surface area contributed by atoms with Gasteiger partial charge in [0, 0.05) is 47.6 Å². The zero-order chi connectivity index (χ0) is 47.5. The van der Waals surface area contributed by atoms with Crippen molar-refractivity contribution in [2.45, 2.75) is 79.1 Å². The third-order valence-electron chi connectivity index (χ3n) is 11.2. The van der Waals surface area contributed by atoms with E-state index in [-0.39, 0.29) is 41.2 Å². The number of likely N-dealkylation sites (tertiary alicyclic amines) is 1. The highest BCUT2D eigenvalue weighted by atomic mass is 32.2. The average Bonchev–Trinajstić information content (AvgIpc) is 4.07. The zero-order valence-electron chi connectivity index (χ0n) is 38.1. The lowest BCUT2D eigenvalue weighted by atomic mass is 9.98. The van der Waals surface area contributed by atoms with Gasteiger partial charge in [-0.15, -0.1) is 16.9 Å². The van der Waals surface area contributed by atoms with Crippen LogP contribution in [0, 0.1) is 0 Å². The molecule has 6 aromatic rings. The topological polar surface area (TPSA) is 184 Å². The number of carbonyl (C=O) groups excluding carboxylic acids is 1. The van der Waals surface area contributed by atoms with Crippen molar-refractivity contribution >= 4 is 43.6 Å². The van der Waals surface area contributed by atoms with Gasteiger partial charge in [-0.3, -0.25) is 4.72 Å². The SMILES string of the molecule is COc1ccc(CN(Cc2ccc(OC)cc2)S(=O)(=O)c2c(SC3CN(C(=O)OC(C)(C)C)C3)ccc(-c3ccc(NS(=O)(=O)C4CC4)cc3)c2-c2nnnn2Cc2ccc(OC)cc2)cc1. The Labute approximate surface area is 395 Å². The van der Waals surface area contributed by atoms with Crippen LogP contribution in [0.1, 0.15) is 50.3 Å². The predicted octanol–water partition coefficient (Wildman–Crippen LogP) is 8.09. The molecule has 8 rings (SSSR count). The summed E-state index contributed by atoms with van der Waals surface area (Å²) in [6.07, 6.45) is 0.772. The molecule has 0 spiro atoms. The van der Waals surface area contributed by atoms with Gasteiger partial charge in [-0.1, -0.05) is 54.6 Å². The first kappa shape index (κ1) is 47.3. The number of ether oxygens (including phenoxy) is 4. The van der Waals surface area contributed by atoms with E-state index < -0.39 is 37.0 Å². The summed E-state index contributed by atoms with van der Waals surface area (Å²) in [5.74, 6) is 2.10. The summed E-state index contributed by atoms with van der Waals surface area (Å²) in [7, 11) is -3.36. The number of rotatable bonds is 18. The molecule has 1 N–H and O–H groups in total. The van der Waals surface area contributed by atoms with Gasteiger partial charge in [-0.05, 0) is 126 Å². The highest BCUT2D eigenvalue weighted by Crippen LogP contribution is 2.46. The van der Waals surface area contributed by atoms with Gasteiger partial charge in [0.05, 0.1) is 33.1 Å². The first-order chi connectivity index (χ1) is 32.0. The van der Waals surface area contributed by atoms with Gasteiger partial charge in [0.25, 0.3) is 0 Å². The van der Waals surface area contributed by atoms with Crippen LogP contribution in [-0.2, 0) is 44.4 Å². The number of carbonyl (C=O) groups is 1. The third-order valence-corrected chi connectivity index (χ3v) is 16.3. The van der Waals surface area contributed by atoms with Crippen molar-refractivity contribution in [2.24, 2.45) is 0 Å². The molecule has 1 aromatic heterocycles. The van der Waals surface area contributed by atoms with E-state index in [1.54, 1.807) is 85.5 Å². The molecule has 5 aromatic carbocycles. The Hall–Kier alpha value is -6.15. The maximum Gasteiger partial charge on any atom is 0.410 e. The number of hydrogen-bond acceptors (Lipinski definition) is 13. The van der Waals surface area contributed by atoms with E-state index in [9.17, 15) is 13.2 Å². The van der Waals surface area contributed by atoms with Crippen LogP contribution in [0.4, 0.5) is 10.5 Å². The van der Waals surface area contributed by atoms with Crippen LogP contribution in [0.25, 0.3) is 22.5 Å². The summed E-state index contributed by atoms with van der Waals surface area (Å²) in [5, 5.41) is 12.5. The van der Waals surface area contributed by atoms with Crippen molar-refractivity contribution in [2.75, 3.05) is 39.1 Å². The molecule has 1 aliphatic carbocycles. The van der Waals surface area contributed by atoms with Crippen LogP contribution in [0.15, 0.2) is 119 Å². The number of thioether (sulfide) groups is 1. The van der Waals surface area contributed by atoms with Crippen molar-refractivity contribution in [1.29, 1.82) is 0 Å². The lowest BCUT2D eigenvalue weighted by Gasteiger charge is -2.39. The van der Waals surface area contributed by atoms with Gasteiger partial charge in [0.15, 0.2) is 5.82 Å². The molecule has 19 heteroatoms. The number of nitrogens with one attached hydrogen (secondary N) is 1. The Bertz CT molecular complexity index is 2870. The normalized spacial score (nSPS) is 14.4. The fourth-order valence-electron chi connectivity index (χ4n) is 7.50. The Morgan fingerprint density at radius 1 is 0.746 bits per heavy atom. The number of methoxy groups -OCH3 is 3. The lowest BCUT2D eigenvalue weighted by Crippen LogP contribution is -2.53. The second-order valence-corrected chi connectivity index (χ2v) is 22.5. The van der Waals surface area contributed by atoms with E-state index in [0.717, 1.165) is 5.56 Å². The van der Waals surface area contributed by atoms with Crippen LogP contribution >= 0.6 is 11.8 Å². The summed E-state index contributed by atoms with van der Waals surface area (Å²) in [5.41, 5.74) is 3.27. The molecule has 1 amide bonds. The smallest absolute Gasteiger partial charge is 0.410 e. The van der Waals surface area contributed by atoms with E-state index in [0.29, 0.717) is 76.0 Å². The van der Waals surface area contributed by atoms with Crippen LogP contribution < -0.4 is 18.9 Å². The maximum atomic E-state index is 16.2. The van der Waals surface area contributed by atoms with Crippen LogP contribution in [0.5, 0.6) is 17.2 Å². The molecule has 1 saturated carbocycles. The minimum Gasteiger partial charge on any atom is -0.497 e. The van der Waals surface area contributed by atoms with E-state index in [2.05, 4.69) is 20.2 Å². The molecule has 0 unspecified atom stereocenters. The quantitative estimate of drug-likeness (QED) is 0.0873. The molecule has 2 heterocycles. The number of sulfonamides is 2. The summed E-state index contributed by atoms with van der Waals surface area (Å²) in [6, 6.07) is 32.3. The summed E-state index contributed by atoms with van der Waals surface area (Å²) in [4.78, 5) is 15.1. The Morgan fingerprint density at radius 2 is 1.28 bits per heavy atom. The molecule has 1 saturated heterocycles. The van der Waals surface area contributed by atoms with Gasteiger partial charge < -0.3 is 23.8 Å². The zero-order valence-corrected chi connectivity index (χ0v) is 40.5. The van der Waals surface area contributed by atoms with E-state index in [1.807, 2.05) is 75.4 Å². The molecule has 0 bridgehead atoms. The molecule has 2 fully saturated rings. The molecule has 0 radical (unpaired) electrons. The van der Waals surface area contributed by atoms with Gasteiger partial charge >= 0.3 is 6.09 Å². The summed E-state index contributed by atoms with van der Waals surface area (Å²) in [6.45, 7) is 6.22. The molecule has 67 heavy (non-hydrogen) atoms. The first-order valence-electron chi connectivity index (χ1n) is 21.6. The second-order valence-electron chi connectivity index (χ2n) is 17.3. The van der Waals surface area contributed by atoms with Gasteiger partial charge in [0.1, 0.15) is 27.7 Å². The lowest BCUT2D eigenvalue weighted by molar-refractivity contribution is 0.0143. The van der Waals surface area contributed by atoms with Gasteiger partial charge in [0.2, 0.25) is 20.0 Å². The number of aromatic nitrogens is 4. The first-order valence-corrected chi connectivity index (χ1v) is 25.5. The van der Waals surface area contributed by atoms with Crippen LogP contribution in [-0.4, -0.2) is 103 Å². The molecular formula is C48H53N7O9S3. The molecule has 2 aliphatic rings. The number of benzene rings is 5. The fourth-order valence-corrected chi connectivity index (χ4v) is 12.3. The minimum atomic E-state index is -4.54. The summed E-state index contributed by atoms with van der Waals surface area (Å²) >= 11 is 1.35. The standard InChI is InChI=1S/C48H53N7O9S3/c1-48(2,3)64-47(56)53-30-40(31-53)65-43-26-25-42(35-13-15-36(16-14-35)50-66(57,58)41-23-24-41)44(46-49-51-52-55(46)29-34-11-21-39(63-6)22-12-34)45(43)67(59,60)54(27-32-7-17-37(61-4)18-8-32)28-33-9-19-38(62-5)20-10-33/h7-22,25-26,40-41,50H,23-24,27-31H2,1-6H3. The molecule has 1 aliphatic heterocycles. The van der Waals surface area contributed by atoms with Crippen molar-refractivity contribution in [3.8, 4) is 39.8 Å². The van der Waals surface area contributed by atoms with Crippen molar-refractivity contribution in [1.82, 2.24) is 29.4 Å². The van der Waals surface area contributed by atoms with Crippen molar-refractivity contribution in [3.05, 3.63) is 126 Å². The maximum absolute atomic E-state index is 16.2. The van der Waals surface area contributed by atoms with Crippen LogP contribution in [0.3, 0.4) is 0 Å². The largest absolute Gasteiger partial charge is 0.497 e. The number of nitrogens with zero attached hydrogens (tertiary/aromatic N) is 6. The molecule has 352 valence electrons. The highest BCUT2D eigenvalue weighted by Gasteiger charge is 2.39. The number of anilines is 1. The number of hydrogen-bond donors (Lipinski definition) is 1.